The van der Waals surface area contributed by atoms with E-state index in [4.69, 9.17) is 4.74 Å². The summed E-state index contributed by atoms with van der Waals surface area (Å²) in [4.78, 5) is 14.0. The van der Waals surface area contributed by atoms with Crippen molar-refractivity contribution in [1.82, 2.24) is 4.90 Å². The van der Waals surface area contributed by atoms with Crippen molar-refractivity contribution in [3.05, 3.63) is 0 Å². The first kappa shape index (κ1) is 15.8. The third-order valence-electron chi connectivity index (χ3n) is 5.15. The Morgan fingerprint density at radius 1 is 1.35 bits per heavy atom. The number of carboxylic acid groups (broad SMARTS) is 1. The molecule has 1 heterocycles. The lowest BCUT2D eigenvalue weighted by Gasteiger charge is -2.44. The molecule has 0 aromatic heterocycles. The van der Waals surface area contributed by atoms with Gasteiger partial charge in [0.25, 0.3) is 0 Å². The summed E-state index contributed by atoms with van der Waals surface area (Å²) in [5.74, 6) is -0.0771. The highest BCUT2D eigenvalue weighted by Gasteiger charge is 2.39. The molecule has 20 heavy (non-hydrogen) atoms. The fraction of sp³-hybridized carbons (Fsp3) is 0.938. The predicted octanol–water partition coefficient (Wildman–Crippen LogP) is 2.77. The standard InChI is InChI=1S/C16H29NO3/c1-3-5-12-7-8-14(16(18)19)15(10-12)17-9-4-6-13(11-17)20-2/h12-15H,3-11H2,1-2H3,(H,18,19). The zero-order valence-corrected chi connectivity index (χ0v) is 12.9. The maximum Gasteiger partial charge on any atom is 0.308 e. The summed E-state index contributed by atoms with van der Waals surface area (Å²) in [5.41, 5.74) is 0. The first-order chi connectivity index (χ1) is 9.65. The number of nitrogens with zero attached hydrogens (tertiary/aromatic N) is 1. The van der Waals surface area contributed by atoms with E-state index >= 15 is 0 Å². The molecule has 0 bridgehead atoms. The maximum atomic E-state index is 11.6. The molecule has 4 unspecified atom stereocenters. The molecule has 4 atom stereocenters. The van der Waals surface area contributed by atoms with E-state index in [0.717, 1.165) is 45.2 Å². The van der Waals surface area contributed by atoms with Crippen LogP contribution in [0.1, 0.15) is 51.9 Å². The molecule has 1 saturated heterocycles. The van der Waals surface area contributed by atoms with E-state index in [9.17, 15) is 9.90 Å². The molecule has 0 spiro atoms. The van der Waals surface area contributed by atoms with E-state index in [1.54, 1.807) is 7.11 Å². The lowest BCUT2D eigenvalue weighted by atomic mass is 9.75. The van der Waals surface area contributed by atoms with Crippen molar-refractivity contribution in [2.24, 2.45) is 11.8 Å². The number of methoxy groups -OCH3 is 1. The van der Waals surface area contributed by atoms with Gasteiger partial charge in [0.2, 0.25) is 0 Å². The number of likely N-dealkylation sites (tertiary alicyclic amines) is 1. The van der Waals surface area contributed by atoms with Crippen molar-refractivity contribution in [2.45, 2.75) is 64.0 Å². The molecule has 0 radical (unpaired) electrons. The van der Waals surface area contributed by atoms with Crippen molar-refractivity contribution in [1.29, 1.82) is 0 Å². The maximum absolute atomic E-state index is 11.6. The summed E-state index contributed by atoms with van der Waals surface area (Å²) >= 11 is 0. The summed E-state index contributed by atoms with van der Waals surface area (Å²) in [6.45, 7) is 4.16. The van der Waals surface area contributed by atoms with Crippen LogP contribution >= 0.6 is 0 Å². The molecule has 2 fully saturated rings. The second-order valence-electron chi connectivity index (χ2n) is 6.47. The van der Waals surface area contributed by atoms with Crippen LogP contribution in [0.5, 0.6) is 0 Å². The lowest BCUT2D eigenvalue weighted by molar-refractivity contribution is -0.147. The number of carbonyl (C=O) groups is 1. The number of hydrogen-bond acceptors (Lipinski definition) is 3. The van der Waals surface area contributed by atoms with Crippen LogP contribution in [0.3, 0.4) is 0 Å². The largest absolute Gasteiger partial charge is 0.481 e. The minimum absolute atomic E-state index is 0.182. The molecular formula is C16H29NO3. The Morgan fingerprint density at radius 3 is 2.80 bits per heavy atom. The summed E-state index contributed by atoms with van der Waals surface area (Å²) in [7, 11) is 1.77. The van der Waals surface area contributed by atoms with Crippen molar-refractivity contribution in [3.63, 3.8) is 0 Å². The van der Waals surface area contributed by atoms with E-state index in [1.807, 2.05) is 0 Å². The molecule has 1 aliphatic carbocycles. The fourth-order valence-electron chi connectivity index (χ4n) is 4.05. The van der Waals surface area contributed by atoms with Crippen molar-refractivity contribution in [3.8, 4) is 0 Å². The molecule has 116 valence electrons. The van der Waals surface area contributed by atoms with Crippen LogP contribution in [0.25, 0.3) is 0 Å². The van der Waals surface area contributed by atoms with Crippen LogP contribution in [-0.4, -0.2) is 48.3 Å². The van der Waals surface area contributed by atoms with Crippen LogP contribution in [0.2, 0.25) is 0 Å². The van der Waals surface area contributed by atoms with Gasteiger partial charge in [-0.1, -0.05) is 19.8 Å². The Balaban J connectivity index is 2.04. The van der Waals surface area contributed by atoms with Gasteiger partial charge in [-0.05, 0) is 44.6 Å². The van der Waals surface area contributed by atoms with Crippen LogP contribution in [0.15, 0.2) is 0 Å². The quantitative estimate of drug-likeness (QED) is 0.843. The zero-order chi connectivity index (χ0) is 14.5. The van der Waals surface area contributed by atoms with Gasteiger partial charge >= 0.3 is 5.97 Å². The molecular weight excluding hydrogens is 254 g/mol. The third-order valence-corrected chi connectivity index (χ3v) is 5.15. The Labute approximate surface area is 122 Å². The summed E-state index contributed by atoms with van der Waals surface area (Å²) in [6.07, 6.45) is 7.95. The number of rotatable bonds is 5. The van der Waals surface area contributed by atoms with Gasteiger partial charge in [0.15, 0.2) is 0 Å². The smallest absolute Gasteiger partial charge is 0.308 e. The molecule has 4 nitrogen and oxygen atoms in total. The second-order valence-corrected chi connectivity index (χ2v) is 6.47. The van der Waals surface area contributed by atoms with Crippen molar-refractivity contribution >= 4 is 5.97 Å². The van der Waals surface area contributed by atoms with Crippen LogP contribution in [0.4, 0.5) is 0 Å². The van der Waals surface area contributed by atoms with Gasteiger partial charge in [-0.25, -0.2) is 0 Å². The van der Waals surface area contributed by atoms with Crippen LogP contribution < -0.4 is 0 Å². The average Bonchev–Trinajstić information content (AvgIpc) is 2.47. The predicted molar refractivity (Wildman–Crippen MR) is 78.8 cm³/mol. The Morgan fingerprint density at radius 2 is 2.15 bits per heavy atom. The second kappa shape index (κ2) is 7.41. The van der Waals surface area contributed by atoms with E-state index in [1.165, 1.54) is 12.8 Å². The Bertz CT molecular complexity index is 321. The van der Waals surface area contributed by atoms with Gasteiger partial charge in [-0.2, -0.15) is 0 Å². The Hall–Kier alpha value is -0.610. The number of ether oxygens (including phenoxy) is 1. The number of carboxylic acids is 1. The van der Waals surface area contributed by atoms with Gasteiger partial charge in [-0.3, -0.25) is 9.69 Å². The van der Waals surface area contributed by atoms with Crippen molar-refractivity contribution < 1.29 is 14.6 Å². The molecule has 0 amide bonds. The van der Waals surface area contributed by atoms with Gasteiger partial charge in [0.05, 0.1) is 12.0 Å². The molecule has 2 aliphatic rings. The highest BCUT2D eigenvalue weighted by molar-refractivity contribution is 5.71. The molecule has 4 heteroatoms. The molecule has 2 rings (SSSR count). The molecule has 1 N–H and O–H groups in total. The van der Waals surface area contributed by atoms with Gasteiger partial charge in [0.1, 0.15) is 0 Å². The van der Waals surface area contributed by atoms with Crippen LogP contribution in [0, 0.1) is 11.8 Å². The van der Waals surface area contributed by atoms with Crippen LogP contribution in [-0.2, 0) is 9.53 Å². The van der Waals surface area contributed by atoms with E-state index < -0.39 is 5.97 Å². The van der Waals surface area contributed by atoms with E-state index in [-0.39, 0.29) is 18.1 Å². The first-order valence-electron chi connectivity index (χ1n) is 8.15. The minimum atomic E-state index is -0.607. The first-order valence-corrected chi connectivity index (χ1v) is 8.15. The van der Waals surface area contributed by atoms with Gasteiger partial charge in [-0.15, -0.1) is 0 Å². The van der Waals surface area contributed by atoms with Gasteiger partial charge < -0.3 is 9.84 Å². The van der Waals surface area contributed by atoms with Crippen molar-refractivity contribution in [2.75, 3.05) is 20.2 Å². The zero-order valence-electron chi connectivity index (χ0n) is 12.9. The number of piperidine rings is 1. The topological polar surface area (TPSA) is 49.8 Å². The van der Waals surface area contributed by atoms with E-state index in [0.29, 0.717) is 5.92 Å². The minimum Gasteiger partial charge on any atom is -0.481 e. The SMILES string of the molecule is CCCC1CCC(C(=O)O)C(N2CCCC(OC)C2)C1. The number of aliphatic carboxylic acids is 1. The monoisotopic (exact) mass is 283 g/mol. The Kier molecular flexibility index (Phi) is 5.85. The summed E-state index contributed by atoms with van der Waals surface area (Å²) in [6, 6.07) is 0.218. The molecule has 1 saturated carbocycles. The highest BCUT2D eigenvalue weighted by Crippen LogP contribution is 2.36. The molecule has 0 aromatic carbocycles. The van der Waals surface area contributed by atoms with E-state index in [2.05, 4.69) is 11.8 Å². The third kappa shape index (κ3) is 3.73. The fourth-order valence-corrected chi connectivity index (χ4v) is 4.05. The normalized spacial score (nSPS) is 35.9. The lowest BCUT2D eigenvalue weighted by Crippen LogP contribution is -2.52. The van der Waals surface area contributed by atoms with Gasteiger partial charge in [0, 0.05) is 19.7 Å². The summed E-state index contributed by atoms with van der Waals surface area (Å²) in [5, 5.41) is 9.52. The molecule has 0 aromatic rings. The highest BCUT2D eigenvalue weighted by atomic mass is 16.5. The number of hydrogen-bond donors (Lipinski definition) is 1. The summed E-state index contributed by atoms with van der Waals surface area (Å²) < 4.78 is 5.49. The molecule has 1 aliphatic heterocycles. The average molecular weight is 283 g/mol.